The Kier molecular flexibility index (Phi) is 2.01. The van der Waals surface area contributed by atoms with Gasteiger partial charge in [-0.3, -0.25) is 4.48 Å². The zero-order chi connectivity index (χ0) is 8.48. The third-order valence-electron chi connectivity index (χ3n) is 1.84. The van der Waals surface area contributed by atoms with Crippen molar-refractivity contribution in [2.24, 2.45) is 0 Å². The van der Waals surface area contributed by atoms with Gasteiger partial charge >= 0.3 is 0 Å². The summed E-state index contributed by atoms with van der Waals surface area (Å²) in [5.74, 6) is 0. The van der Waals surface area contributed by atoms with Gasteiger partial charge in [0.25, 0.3) is 0 Å². The molecule has 0 saturated carbocycles. The van der Waals surface area contributed by atoms with E-state index in [1.54, 1.807) is 0 Å². The van der Waals surface area contributed by atoms with Crippen LogP contribution in [-0.4, -0.2) is 21.1 Å². The highest BCUT2D eigenvalue weighted by Gasteiger charge is 2.13. The summed E-state index contributed by atoms with van der Waals surface area (Å²) in [7, 11) is 6.55. The van der Waals surface area contributed by atoms with Crippen LogP contribution in [0, 0.1) is 6.92 Å². The van der Waals surface area contributed by atoms with Gasteiger partial charge < -0.3 is 0 Å². The number of aryl methyl sites for hydroxylation is 1. The summed E-state index contributed by atoms with van der Waals surface area (Å²) in [6, 6.07) is 8.49. The lowest BCUT2D eigenvalue weighted by atomic mass is 10.2. The lowest BCUT2D eigenvalue weighted by Crippen LogP contribution is -2.35. The molecule has 0 aromatic heterocycles. The van der Waals surface area contributed by atoms with Crippen molar-refractivity contribution in [2.75, 3.05) is 21.1 Å². The molecule has 1 heteroatoms. The number of rotatable bonds is 1. The number of hydrogen-bond acceptors (Lipinski definition) is 0. The molecule has 0 spiro atoms. The van der Waals surface area contributed by atoms with Crippen LogP contribution in [0.2, 0.25) is 0 Å². The highest BCUT2D eigenvalue weighted by Crippen LogP contribution is 2.20. The molecule has 1 nitrogen and oxygen atoms in total. The van der Waals surface area contributed by atoms with Crippen LogP contribution in [-0.2, 0) is 0 Å². The molecular weight excluding hydrogens is 134 g/mol. The Hall–Kier alpha value is -0.820. The molecule has 11 heavy (non-hydrogen) atoms. The van der Waals surface area contributed by atoms with Crippen LogP contribution < -0.4 is 4.48 Å². The minimum Gasteiger partial charge on any atom is -0.298 e. The highest BCUT2D eigenvalue weighted by molar-refractivity contribution is 5.48. The molecule has 0 heterocycles. The number of hydrogen-bond donors (Lipinski definition) is 0. The standard InChI is InChI=1S/C10H16N/c1-9-7-5-6-8-10(9)11(2,3)4/h5-8H,1-4H3/q+1. The maximum Gasteiger partial charge on any atom is 0.135 e. The van der Waals surface area contributed by atoms with Gasteiger partial charge in [-0.1, -0.05) is 18.2 Å². The molecule has 0 amide bonds. The SMILES string of the molecule is Cc1ccccc1[N+](C)(C)C. The van der Waals surface area contributed by atoms with Crippen molar-refractivity contribution in [3.8, 4) is 0 Å². The molecule has 1 rings (SSSR count). The zero-order valence-electron chi connectivity index (χ0n) is 7.76. The van der Waals surface area contributed by atoms with Gasteiger partial charge in [-0.15, -0.1) is 0 Å². The Morgan fingerprint density at radius 3 is 1.91 bits per heavy atom. The first-order valence-electron chi connectivity index (χ1n) is 3.89. The van der Waals surface area contributed by atoms with Gasteiger partial charge in [-0.2, -0.15) is 0 Å². The van der Waals surface area contributed by atoms with E-state index in [9.17, 15) is 0 Å². The predicted octanol–water partition coefficient (Wildman–Crippen LogP) is 2.19. The second-order valence-corrected chi connectivity index (χ2v) is 3.80. The van der Waals surface area contributed by atoms with E-state index < -0.39 is 0 Å². The second-order valence-electron chi connectivity index (χ2n) is 3.80. The van der Waals surface area contributed by atoms with E-state index in [2.05, 4.69) is 52.3 Å². The summed E-state index contributed by atoms with van der Waals surface area (Å²) in [5.41, 5.74) is 2.74. The molecule has 0 aliphatic carbocycles. The van der Waals surface area contributed by atoms with E-state index in [1.165, 1.54) is 11.3 Å². The zero-order valence-corrected chi connectivity index (χ0v) is 7.76. The van der Waals surface area contributed by atoms with Crippen LogP contribution in [0.1, 0.15) is 5.56 Å². The fourth-order valence-corrected chi connectivity index (χ4v) is 1.32. The van der Waals surface area contributed by atoms with Crippen molar-refractivity contribution in [1.29, 1.82) is 0 Å². The summed E-state index contributed by atoms with van der Waals surface area (Å²) in [5, 5.41) is 0. The molecule has 0 radical (unpaired) electrons. The average Bonchev–Trinajstić information content (AvgIpc) is 1.86. The molecule has 0 unspecified atom stereocenters. The third-order valence-corrected chi connectivity index (χ3v) is 1.84. The maximum absolute atomic E-state index is 2.18. The number of para-hydroxylation sites is 1. The Morgan fingerprint density at radius 2 is 1.55 bits per heavy atom. The van der Waals surface area contributed by atoms with Gasteiger partial charge in [-0.25, -0.2) is 0 Å². The lowest BCUT2D eigenvalue weighted by molar-refractivity contribution is 0.484. The fourth-order valence-electron chi connectivity index (χ4n) is 1.32. The van der Waals surface area contributed by atoms with Crippen molar-refractivity contribution in [1.82, 2.24) is 4.48 Å². The Labute approximate surface area is 68.9 Å². The summed E-state index contributed by atoms with van der Waals surface area (Å²) in [4.78, 5) is 0. The van der Waals surface area contributed by atoms with Crippen LogP contribution in [0.4, 0.5) is 5.69 Å². The third kappa shape index (κ3) is 1.81. The summed E-state index contributed by atoms with van der Waals surface area (Å²) < 4.78 is 0.896. The van der Waals surface area contributed by atoms with Crippen molar-refractivity contribution in [3.05, 3.63) is 29.8 Å². The minimum atomic E-state index is 0.896. The summed E-state index contributed by atoms with van der Waals surface area (Å²) in [6.45, 7) is 2.15. The van der Waals surface area contributed by atoms with Gasteiger partial charge in [0.15, 0.2) is 0 Å². The van der Waals surface area contributed by atoms with Crippen molar-refractivity contribution in [3.63, 3.8) is 0 Å². The van der Waals surface area contributed by atoms with Crippen LogP contribution in [0.25, 0.3) is 0 Å². The molecule has 0 N–H and O–H groups in total. The fraction of sp³-hybridized carbons (Fsp3) is 0.400. The number of nitrogens with zero attached hydrogens (tertiary/aromatic N) is 1. The van der Waals surface area contributed by atoms with Crippen LogP contribution in [0.3, 0.4) is 0 Å². The molecule has 0 atom stereocenters. The summed E-state index contributed by atoms with van der Waals surface area (Å²) >= 11 is 0. The molecule has 0 bridgehead atoms. The topological polar surface area (TPSA) is 0 Å². The average molecular weight is 150 g/mol. The van der Waals surface area contributed by atoms with E-state index in [-0.39, 0.29) is 0 Å². The molecule has 0 saturated heterocycles. The normalized spacial score (nSPS) is 11.6. The molecule has 0 aliphatic heterocycles. The maximum atomic E-state index is 2.18. The monoisotopic (exact) mass is 150 g/mol. The van der Waals surface area contributed by atoms with Crippen LogP contribution in [0.15, 0.2) is 24.3 Å². The van der Waals surface area contributed by atoms with Gasteiger partial charge in [0.2, 0.25) is 0 Å². The molecule has 1 aromatic rings. The van der Waals surface area contributed by atoms with Crippen molar-refractivity contribution < 1.29 is 0 Å². The molecule has 60 valence electrons. The quantitative estimate of drug-likeness (QED) is 0.538. The summed E-state index contributed by atoms with van der Waals surface area (Å²) in [6.07, 6.45) is 0. The number of quaternary nitrogens is 1. The minimum absolute atomic E-state index is 0.896. The van der Waals surface area contributed by atoms with Crippen LogP contribution in [0.5, 0.6) is 0 Å². The number of benzene rings is 1. The van der Waals surface area contributed by atoms with E-state index >= 15 is 0 Å². The Balaban J connectivity index is 3.14. The van der Waals surface area contributed by atoms with Gasteiger partial charge in [-0.05, 0) is 13.0 Å². The van der Waals surface area contributed by atoms with E-state index in [4.69, 9.17) is 0 Å². The molecule has 0 aliphatic rings. The van der Waals surface area contributed by atoms with Crippen molar-refractivity contribution >= 4 is 5.69 Å². The van der Waals surface area contributed by atoms with Crippen LogP contribution >= 0.6 is 0 Å². The first kappa shape index (κ1) is 8.28. The molecule has 1 aromatic carbocycles. The first-order chi connectivity index (χ1) is 5.02. The van der Waals surface area contributed by atoms with Crippen molar-refractivity contribution in [2.45, 2.75) is 6.92 Å². The Bertz CT molecular complexity index is 245. The van der Waals surface area contributed by atoms with Gasteiger partial charge in [0, 0.05) is 5.56 Å². The smallest absolute Gasteiger partial charge is 0.135 e. The van der Waals surface area contributed by atoms with Gasteiger partial charge in [0.05, 0.1) is 21.1 Å². The molecular formula is C10H16N+. The lowest BCUT2D eigenvalue weighted by Gasteiger charge is -2.24. The predicted molar refractivity (Wildman–Crippen MR) is 50.7 cm³/mol. The Morgan fingerprint density at radius 1 is 1.00 bits per heavy atom. The molecule has 0 fully saturated rings. The van der Waals surface area contributed by atoms with E-state index in [0.29, 0.717) is 0 Å². The highest BCUT2D eigenvalue weighted by atomic mass is 15.3. The van der Waals surface area contributed by atoms with Gasteiger partial charge in [0.1, 0.15) is 5.69 Å². The van der Waals surface area contributed by atoms with E-state index in [1.807, 2.05) is 0 Å². The largest absolute Gasteiger partial charge is 0.298 e. The van der Waals surface area contributed by atoms with E-state index in [0.717, 1.165) is 4.48 Å². The first-order valence-corrected chi connectivity index (χ1v) is 3.89. The second kappa shape index (κ2) is 2.67.